The van der Waals surface area contributed by atoms with E-state index in [9.17, 15) is 9.90 Å². The van der Waals surface area contributed by atoms with Crippen molar-refractivity contribution in [2.45, 2.75) is 39.0 Å². The molecule has 0 saturated carbocycles. The third-order valence-electron chi connectivity index (χ3n) is 4.12. The molecule has 1 unspecified atom stereocenters. The lowest BCUT2D eigenvalue weighted by Gasteiger charge is -2.46. The molecule has 1 fully saturated rings. The second kappa shape index (κ2) is 7.11. The summed E-state index contributed by atoms with van der Waals surface area (Å²) >= 11 is 0. The van der Waals surface area contributed by atoms with E-state index < -0.39 is 5.60 Å². The van der Waals surface area contributed by atoms with Gasteiger partial charge in [-0.3, -0.25) is 4.90 Å². The van der Waals surface area contributed by atoms with Gasteiger partial charge < -0.3 is 15.3 Å². The molecule has 0 spiro atoms. The van der Waals surface area contributed by atoms with E-state index in [2.05, 4.69) is 22.3 Å². The largest absolute Gasteiger partial charge is 0.388 e. The Balaban J connectivity index is 2.07. The molecule has 2 rings (SSSR count). The predicted octanol–water partition coefficient (Wildman–Crippen LogP) is 1.67. The van der Waals surface area contributed by atoms with Gasteiger partial charge in [0.15, 0.2) is 0 Å². The molecule has 22 heavy (non-hydrogen) atoms. The first kappa shape index (κ1) is 16.8. The molecule has 5 nitrogen and oxygen atoms in total. The molecule has 0 radical (unpaired) electrons. The van der Waals surface area contributed by atoms with Crippen LogP contribution in [0.2, 0.25) is 0 Å². The molecule has 2 N–H and O–H groups in total. The van der Waals surface area contributed by atoms with E-state index in [4.69, 9.17) is 0 Å². The van der Waals surface area contributed by atoms with Crippen molar-refractivity contribution in [2.24, 2.45) is 0 Å². The molecule has 1 aromatic carbocycles. The Morgan fingerprint density at radius 3 is 2.59 bits per heavy atom. The highest BCUT2D eigenvalue weighted by molar-refractivity contribution is 5.74. The molecule has 1 aliphatic heterocycles. The lowest BCUT2D eigenvalue weighted by atomic mass is 9.94. The van der Waals surface area contributed by atoms with Gasteiger partial charge in [-0.1, -0.05) is 30.3 Å². The predicted molar refractivity (Wildman–Crippen MR) is 87.6 cm³/mol. The minimum Gasteiger partial charge on any atom is -0.388 e. The van der Waals surface area contributed by atoms with E-state index in [0.29, 0.717) is 19.6 Å². The highest BCUT2D eigenvalue weighted by Gasteiger charge is 2.39. The Morgan fingerprint density at radius 1 is 1.32 bits per heavy atom. The van der Waals surface area contributed by atoms with E-state index in [-0.39, 0.29) is 12.1 Å². The minimum absolute atomic E-state index is 0.0889. The summed E-state index contributed by atoms with van der Waals surface area (Å²) in [6, 6.07) is 9.99. The average Bonchev–Trinajstić information content (AvgIpc) is 2.47. The Morgan fingerprint density at radius 2 is 2.00 bits per heavy atom. The summed E-state index contributed by atoms with van der Waals surface area (Å²) < 4.78 is 0. The molecular formula is C17H27N3O2. The fourth-order valence-electron chi connectivity index (χ4n) is 2.93. The Hall–Kier alpha value is -1.59. The van der Waals surface area contributed by atoms with Crippen molar-refractivity contribution >= 4 is 6.03 Å². The van der Waals surface area contributed by atoms with Crippen molar-refractivity contribution in [3.63, 3.8) is 0 Å². The number of hydrogen-bond acceptors (Lipinski definition) is 3. The highest BCUT2D eigenvalue weighted by atomic mass is 16.3. The standard InChI is InChI=1S/C17H27N3O2/c1-4-18-16(21)20-11-10-19(13-15(20)17(2,3)22)12-14-8-6-5-7-9-14/h5-9,15,22H,4,10-13H2,1-3H3,(H,18,21). The maximum Gasteiger partial charge on any atom is 0.317 e. The Labute approximate surface area is 132 Å². The fraction of sp³-hybridized carbons (Fsp3) is 0.588. The first-order valence-electron chi connectivity index (χ1n) is 7.95. The van der Waals surface area contributed by atoms with Gasteiger partial charge in [0.2, 0.25) is 0 Å². The van der Waals surface area contributed by atoms with Crippen molar-refractivity contribution in [1.29, 1.82) is 0 Å². The topological polar surface area (TPSA) is 55.8 Å². The summed E-state index contributed by atoms with van der Waals surface area (Å²) in [6.45, 7) is 9.02. The third-order valence-corrected chi connectivity index (χ3v) is 4.12. The number of nitrogens with one attached hydrogen (secondary N) is 1. The minimum atomic E-state index is -0.930. The number of urea groups is 1. The molecular weight excluding hydrogens is 278 g/mol. The van der Waals surface area contributed by atoms with Crippen LogP contribution < -0.4 is 5.32 Å². The van der Waals surface area contributed by atoms with Gasteiger partial charge in [-0.05, 0) is 26.3 Å². The maximum absolute atomic E-state index is 12.2. The number of nitrogens with zero attached hydrogens (tertiary/aromatic N) is 2. The second-order valence-electron chi connectivity index (χ2n) is 6.42. The number of hydrogen-bond donors (Lipinski definition) is 2. The fourth-order valence-corrected chi connectivity index (χ4v) is 2.93. The first-order valence-corrected chi connectivity index (χ1v) is 7.95. The highest BCUT2D eigenvalue weighted by Crippen LogP contribution is 2.22. The SMILES string of the molecule is CCNC(=O)N1CCN(Cc2ccccc2)CC1C(C)(C)O. The van der Waals surface area contributed by atoms with Gasteiger partial charge in [-0.15, -0.1) is 0 Å². The van der Waals surface area contributed by atoms with Gasteiger partial charge in [0.1, 0.15) is 0 Å². The molecule has 2 amide bonds. The van der Waals surface area contributed by atoms with E-state index >= 15 is 0 Å². The molecule has 0 aromatic heterocycles. The number of carbonyl (C=O) groups excluding carboxylic acids is 1. The van der Waals surface area contributed by atoms with Gasteiger partial charge in [0.05, 0.1) is 11.6 Å². The van der Waals surface area contributed by atoms with Crippen LogP contribution in [-0.4, -0.2) is 58.8 Å². The number of amides is 2. The third kappa shape index (κ3) is 4.21. The number of benzene rings is 1. The molecule has 1 heterocycles. The second-order valence-corrected chi connectivity index (χ2v) is 6.42. The zero-order valence-corrected chi connectivity index (χ0v) is 13.7. The smallest absolute Gasteiger partial charge is 0.317 e. The molecule has 1 atom stereocenters. The molecule has 1 aromatic rings. The molecule has 0 bridgehead atoms. The Kier molecular flexibility index (Phi) is 5.42. The number of carbonyl (C=O) groups is 1. The van der Waals surface area contributed by atoms with Gasteiger partial charge >= 0.3 is 6.03 Å². The van der Waals surface area contributed by atoms with E-state index in [1.807, 2.05) is 25.1 Å². The van der Waals surface area contributed by atoms with Crippen LogP contribution in [-0.2, 0) is 6.54 Å². The maximum atomic E-state index is 12.2. The van der Waals surface area contributed by atoms with Crippen molar-refractivity contribution in [1.82, 2.24) is 15.1 Å². The van der Waals surface area contributed by atoms with Crippen LogP contribution in [0.25, 0.3) is 0 Å². The van der Waals surface area contributed by atoms with Gasteiger partial charge in [0, 0.05) is 32.7 Å². The zero-order chi connectivity index (χ0) is 16.2. The summed E-state index contributed by atoms with van der Waals surface area (Å²) in [5.74, 6) is 0. The van der Waals surface area contributed by atoms with Crippen molar-refractivity contribution in [3.05, 3.63) is 35.9 Å². The average molecular weight is 305 g/mol. The molecule has 0 aliphatic carbocycles. The lowest BCUT2D eigenvalue weighted by molar-refractivity contribution is -0.0414. The van der Waals surface area contributed by atoms with Crippen LogP contribution in [0.4, 0.5) is 4.79 Å². The molecule has 5 heteroatoms. The normalized spacial score (nSPS) is 20.0. The van der Waals surface area contributed by atoms with E-state index in [1.165, 1.54) is 5.56 Å². The zero-order valence-electron chi connectivity index (χ0n) is 13.7. The monoisotopic (exact) mass is 305 g/mol. The van der Waals surface area contributed by atoms with E-state index in [0.717, 1.165) is 13.1 Å². The summed E-state index contributed by atoms with van der Waals surface area (Å²) in [5.41, 5.74) is 0.323. The van der Waals surface area contributed by atoms with Crippen LogP contribution in [0.3, 0.4) is 0 Å². The Bertz CT molecular complexity index is 484. The molecule has 1 saturated heterocycles. The van der Waals surface area contributed by atoms with Crippen LogP contribution in [0, 0.1) is 0 Å². The number of aliphatic hydroxyl groups is 1. The quantitative estimate of drug-likeness (QED) is 0.890. The van der Waals surface area contributed by atoms with Crippen molar-refractivity contribution in [2.75, 3.05) is 26.2 Å². The number of piperazine rings is 1. The summed E-state index contributed by atoms with van der Waals surface area (Å²) in [4.78, 5) is 16.3. The first-order chi connectivity index (χ1) is 10.4. The van der Waals surface area contributed by atoms with Gasteiger partial charge in [0.25, 0.3) is 0 Å². The number of rotatable bonds is 4. The van der Waals surface area contributed by atoms with Crippen molar-refractivity contribution in [3.8, 4) is 0 Å². The van der Waals surface area contributed by atoms with Crippen LogP contribution in [0.1, 0.15) is 26.3 Å². The van der Waals surface area contributed by atoms with E-state index in [1.54, 1.807) is 18.7 Å². The van der Waals surface area contributed by atoms with Gasteiger partial charge in [-0.2, -0.15) is 0 Å². The van der Waals surface area contributed by atoms with Crippen LogP contribution in [0.5, 0.6) is 0 Å². The van der Waals surface area contributed by atoms with Crippen molar-refractivity contribution < 1.29 is 9.90 Å². The van der Waals surface area contributed by atoms with Crippen LogP contribution >= 0.6 is 0 Å². The van der Waals surface area contributed by atoms with Gasteiger partial charge in [-0.25, -0.2) is 4.79 Å². The molecule has 122 valence electrons. The lowest BCUT2D eigenvalue weighted by Crippen LogP contribution is -2.63. The van der Waals surface area contributed by atoms with Crippen LogP contribution in [0.15, 0.2) is 30.3 Å². The summed E-state index contributed by atoms with van der Waals surface area (Å²) in [7, 11) is 0. The summed E-state index contributed by atoms with van der Waals surface area (Å²) in [5, 5.41) is 13.3. The molecule has 1 aliphatic rings. The summed E-state index contributed by atoms with van der Waals surface area (Å²) in [6.07, 6.45) is 0.